The number of aliphatic carboxylic acids is 1. The van der Waals surface area contributed by atoms with Gasteiger partial charge in [0.2, 0.25) is 0 Å². The van der Waals surface area contributed by atoms with Gasteiger partial charge in [0, 0.05) is 19.1 Å². The zero-order chi connectivity index (χ0) is 16.0. The molecule has 0 aromatic heterocycles. The summed E-state index contributed by atoms with van der Waals surface area (Å²) in [5, 5.41) is 15.1. The Hall–Kier alpha value is -1.30. The summed E-state index contributed by atoms with van der Waals surface area (Å²) in [4.78, 5) is 25.2. The van der Waals surface area contributed by atoms with Crippen molar-refractivity contribution >= 4 is 12.0 Å². The second kappa shape index (κ2) is 7.64. The predicted octanol–water partition coefficient (Wildman–Crippen LogP) is 1.52. The molecule has 0 aromatic carbocycles. The minimum atomic E-state index is -0.887. The van der Waals surface area contributed by atoms with E-state index in [0.717, 1.165) is 32.5 Å². The van der Waals surface area contributed by atoms with Crippen LogP contribution in [0.4, 0.5) is 4.79 Å². The first-order chi connectivity index (χ1) is 9.74. The number of nitrogens with one attached hydrogen (secondary N) is 2. The van der Waals surface area contributed by atoms with Crippen molar-refractivity contribution in [3.63, 3.8) is 0 Å². The fraction of sp³-hybridized carbons (Fsp3) is 0.867. The molecule has 122 valence electrons. The smallest absolute Gasteiger partial charge is 0.317 e. The molecule has 0 radical (unpaired) electrons. The van der Waals surface area contributed by atoms with Gasteiger partial charge in [-0.05, 0) is 37.8 Å². The molecule has 21 heavy (non-hydrogen) atoms. The highest BCUT2D eigenvalue weighted by Gasteiger charge is 2.31. The van der Waals surface area contributed by atoms with Gasteiger partial charge in [-0.1, -0.05) is 20.8 Å². The first-order valence-corrected chi connectivity index (χ1v) is 7.66. The van der Waals surface area contributed by atoms with Gasteiger partial charge in [-0.15, -0.1) is 0 Å². The van der Waals surface area contributed by atoms with Gasteiger partial charge in [-0.2, -0.15) is 0 Å². The van der Waals surface area contributed by atoms with Gasteiger partial charge in [0.25, 0.3) is 0 Å². The molecule has 1 rings (SSSR count). The number of rotatable bonds is 5. The van der Waals surface area contributed by atoms with Gasteiger partial charge in [0.05, 0.1) is 6.42 Å². The number of urea groups is 1. The Morgan fingerprint density at radius 1 is 1.38 bits per heavy atom. The van der Waals surface area contributed by atoms with E-state index < -0.39 is 5.97 Å². The van der Waals surface area contributed by atoms with E-state index in [1.165, 1.54) is 0 Å². The Morgan fingerprint density at radius 3 is 2.57 bits per heavy atom. The quantitative estimate of drug-likeness (QED) is 0.719. The normalized spacial score (nSPS) is 21.0. The molecule has 0 bridgehead atoms. The number of piperidine rings is 1. The van der Waals surface area contributed by atoms with Crippen LogP contribution >= 0.6 is 0 Å². The summed E-state index contributed by atoms with van der Waals surface area (Å²) in [6.45, 7) is 8.22. The summed E-state index contributed by atoms with van der Waals surface area (Å²) in [5.74, 6) is -0.413. The zero-order valence-corrected chi connectivity index (χ0v) is 13.6. The molecular weight excluding hydrogens is 270 g/mol. The second-order valence-corrected chi connectivity index (χ2v) is 6.98. The number of carboxylic acid groups (broad SMARTS) is 1. The van der Waals surface area contributed by atoms with Crippen molar-refractivity contribution in [2.45, 2.75) is 46.1 Å². The molecule has 3 N–H and O–H groups in total. The number of hydrogen-bond acceptors (Lipinski definition) is 3. The summed E-state index contributed by atoms with van der Waals surface area (Å²) in [6.07, 6.45) is 2.07. The lowest BCUT2D eigenvalue weighted by Crippen LogP contribution is -2.53. The third-order valence-electron chi connectivity index (χ3n) is 4.02. The molecule has 0 aliphatic carbocycles. The van der Waals surface area contributed by atoms with E-state index in [-0.39, 0.29) is 23.9 Å². The molecule has 2 atom stereocenters. The molecule has 2 amide bonds. The van der Waals surface area contributed by atoms with Crippen LogP contribution in [-0.2, 0) is 4.79 Å². The molecule has 1 saturated heterocycles. The highest BCUT2D eigenvalue weighted by Crippen LogP contribution is 2.23. The molecule has 0 saturated carbocycles. The van der Waals surface area contributed by atoms with E-state index in [9.17, 15) is 9.59 Å². The first kappa shape index (κ1) is 17.8. The number of carboxylic acids is 1. The van der Waals surface area contributed by atoms with Crippen molar-refractivity contribution < 1.29 is 14.7 Å². The molecule has 2 unspecified atom stereocenters. The maximum atomic E-state index is 12.4. The number of carbonyl (C=O) groups excluding carboxylic acids is 1. The number of amides is 2. The van der Waals surface area contributed by atoms with Gasteiger partial charge in [-0.25, -0.2) is 4.79 Å². The van der Waals surface area contributed by atoms with Crippen molar-refractivity contribution in [1.29, 1.82) is 0 Å². The summed E-state index contributed by atoms with van der Waals surface area (Å²) >= 11 is 0. The first-order valence-electron chi connectivity index (χ1n) is 7.66. The third kappa shape index (κ3) is 5.91. The highest BCUT2D eigenvalue weighted by atomic mass is 16.4. The van der Waals surface area contributed by atoms with E-state index >= 15 is 0 Å². The Morgan fingerprint density at radius 2 is 2.05 bits per heavy atom. The Kier molecular flexibility index (Phi) is 6.45. The van der Waals surface area contributed by atoms with Crippen LogP contribution in [0.2, 0.25) is 0 Å². The topological polar surface area (TPSA) is 81.7 Å². The van der Waals surface area contributed by atoms with E-state index in [1.54, 1.807) is 0 Å². The standard InChI is InChI=1S/C15H29N3O3/c1-15(2,3)12(8-13(19)20)17-14(21)18-7-5-6-11(10-18)9-16-4/h11-12,16H,5-10H2,1-4H3,(H,17,21)(H,19,20). The van der Waals surface area contributed by atoms with E-state index in [4.69, 9.17) is 5.11 Å². The van der Waals surface area contributed by atoms with Crippen LogP contribution in [0.5, 0.6) is 0 Å². The second-order valence-electron chi connectivity index (χ2n) is 6.98. The maximum absolute atomic E-state index is 12.4. The largest absolute Gasteiger partial charge is 0.481 e. The Bertz CT molecular complexity index is 364. The summed E-state index contributed by atoms with van der Waals surface area (Å²) in [6, 6.07) is -0.510. The average Bonchev–Trinajstić information content (AvgIpc) is 2.37. The maximum Gasteiger partial charge on any atom is 0.317 e. The number of nitrogens with zero attached hydrogens (tertiary/aromatic N) is 1. The van der Waals surface area contributed by atoms with Crippen LogP contribution in [0.15, 0.2) is 0 Å². The minimum Gasteiger partial charge on any atom is -0.481 e. The third-order valence-corrected chi connectivity index (χ3v) is 4.02. The van der Waals surface area contributed by atoms with Crippen LogP contribution in [0.3, 0.4) is 0 Å². The molecule has 1 aliphatic rings. The van der Waals surface area contributed by atoms with Crippen LogP contribution in [-0.4, -0.2) is 54.7 Å². The summed E-state index contributed by atoms with van der Waals surface area (Å²) in [7, 11) is 1.92. The molecule has 1 aliphatic heterocycles. The lowest BCUT2D eigenvalue weighted by molar-refractivity contribution is -0.138. The summed E-state index contributed by atoms with van der Waals surface area (Å²) < 4.78 is 0. The number of hydrogen-bond donors (Lipinski definition) is 3. The monoisotopic (exact) mass is 299 g/mol. The van der Waals surface area contributed by atoms with Crippen molar-refractivity contribution in [2.75, 3.05) is 26.7 Å². The number of carbonyl (C=O) groups is 2. The molecule has 0 spiro atoms. The molecule has 1 fully saturated rings. The molecule has 6 nitrogen and oxygen atoms in total. The van der Waals surface area contributed by atoms with Gasteiger partial charge in [0.15, 0.2) is 0 Å². The fourth-order valence-corrected chi connectivity index (χ4v) is 2.69. The molecule has 1 heterocycles. The van der Waals surface area contributed by atoms with Gasteiger partial charge in [0.1, 0.15) is 0 Å². The van der Waals surface area contributed by atoms with Crippen LogP contribution in [0.25, 0.3) is 0 Å². The van der Waals surface area contributed by atoms with Gasteiger partial charge in [-0.3, -0.25) is 4.79 Å². The zero-order valence-electron chi connectivity index (χ0n) is 13.6. The van der Waals surface area contributed by atoms with E-state index in [2.05, 4.69) is 10.6 Å². The SMILES string of the molecule is CNCC1CCCN(C(=O)NC(CC(=O)O)C(C)(C)C)C1. The Balaban J connectivity index is 2.62. The van der Waals surface area contributed by atoms with Gasteiger partial charge >= 0.3 is 12.0 Å². The van der Waals surface area contributed by atoms with E-state index in [0.29, 0.717) is 5.92 Å². The predicted molar refractivity (Wildman–Crippen MR) is 82.3 cm³/mol. The molecular formula is C15H29N3O3. The van der Waals surface area contributed by atoms with Crippen molar-refractivity contribution in [3.8, 4) is 0 Å². The molecule has 0 aromatic rings. The minimum absolute atomic E-state index is 0.0526. The van der Waals surface area contributed by atoms with Crippen LogP contribution in [0, 0.1) is 11.3 Å². The molecule has 6 heteroatoms. The lowest BCUT2D eigenvalue weighted by Gasteiger charge is -2.36. The van der Waals surface area contributed by atoms with Gasteiger partial charge < -0.3 is 20.6 Å². The van der Waals surface area contributed by atoms with Crippen LogP contribution < -0.4 is 10.6 Å². The Labute approximate surface area is 127 Å². The lowest BCUT2D eigenvalue weighted by atomic mass is 9.85. The van der Waals surface area contributed by atoms with E-state index in [1.807, 2.05) is 32.7 Å². The van der Waals surface area contributed by atoms with Crippen molar-refractivity contribution in [1.82, 2.24) is 15.5 Å². The number of likely N-dealkylation sites (tertiary alicyclic amines) is 1. The van der Waals surface area contributed by atoms with Crippen molar-refractivity contribution in [3.05, 3.63) is 0 Å². The summed E-state index contributed by atoms with van der Waals surface area (Å²) in [5.41, 5.74) is -0.284. The highest BCUT2D eigenvalue weighted by molar-refractivity contribution is 5.76. The van der Waals surface area contributed by atoms with Crippen LogP contribution in [0.1, 0.15) is 40.0 Å². The fourth-order valence-electron chi connectivity index (χ4n) is 2.69. The van der Waals surface area contributed by atoms with Crippen molar-refractivity contribution in [2.24, 2.45) is 11.3 Å². The average molecular weight is 299 g/mol.